The molecule has 0 aliphatic heterocycles. The molecule has 9 rings (SSSR count). The minimum Gasteiger partial charge on any atom is -0.278 e. The van der Waals surface area contributed by atoms with E-state index in [0.717, 1.165) is 31.5 Å². The van der Waals surface area contributed by atoms with Crippen molar-refractivity contribution in [2.45, 2.75) is 0 Å². The quantitative estimate of drug-likeness (QED) is 0.191. The number of aromatic nitrogens is 3. The first-order valence-electron chi connectivity index (χ1n) is 19.8. The van der Waals surface area contributed by atoms with Crippen LogP contribution in [0.15, 0.2) is 145 Å². The summed E-state index contributed by atoms with van der Waals surface area (Å²) in [5.74, 6) is -0.621. The summed E-state index contributed by atoms with van der Waals surface area (Å²) in [4.78, 5) is 16.1. The van der Waals surface area contributed by atoms with Crippen LogP contribution in [0.3, 0.4) is 0 Å². The van der Waals surface area contributed by atoms with Crippen LogP contribution >= 0.6 is 22.7 Å². The van der Waals surface area contributed by atoms with Gasteiger partial charge in [-0.05, 0) is 36.4 Å². The number of fused-ring (bicyclic) bond motifs is 6. The molecule has 0 bridgehead atoms. The Kier molecular flexibility index (Phi) is 3.92. The van der Waals surface area contributed by atoms with Gasteiger partial charge in [-0.15, -0.1) is 22.7 Å². The highest BCUT2D eigenvalue weighted by Gasteiger charge is 2.23. The number of anilines is 3. The highest BCUT2D eigenvalue weighted by atomic mass is 32.1. The van der Waals surface area contributed by atoms with E-state index in [1.165, 1.54) is 0 Å². The summed E-state index contributed by atoms with van der Waals surface area (Å²) in [5.41, 5.74) is 0.819. The zero-order valence-electron chi connectivity index (χ0n) is 35.0. The molecule has 0 unspecified atom stereocenters. The lowest BCUT2D eigenvalue weighted by Crippen LogP contribution is -2.15. The third kappa shape index (κ3) is 4.38. The van der Waals surface area contributed by atoms with E-state index in [1.807, 2.05) is 72.8 Å². The van der Waals surface area contributed by atoms with E-state index in [1.54, 1.807) is 16.2 Å². The van der Waals surface area contributed by atoms with Gasteiger partial charge in [-0.2, -0.15) is 9.97 Å². The van der Waals surface area contributed by atoms with Crippen LogP contribution in [0.2, 0.25) is 0 Å². The number of rotatable bonds is 5. The molecule has 3 aromatic heterocycles. The standard InChI is InChI=1S/C39H24N4S2/c1-3-13-25(14-4-1)37-40-38(31-21-11-19-29-27-17-7-9-23-33(27)44-35(29)31)42-39(41-37)43(26-15-5-2-6-16-26)32-22-12-20-30-28-18-8-10-24-34(28)45-36(30)32/h1-24H/i1D,3D,4D,7D,9D,11D,13D,14D,17D,19D,21D,23D. The average Bonchev–Trinajstić information content (AvgIpc) is 3.81. The molecule has 9 aromatic rings. The summed E-state index contributed by atoms with van der Waals surface area (Å²) in [6, 6.07) is 16.7. The van der Waals surface area contributed by atoms with Crippen LogP contribution in [0.5, 0.6) is 0 Å². The molecule has 6 aromatic carbocycles. The minimum absolute atomic E-state index is 0.0132. The van der Waals surface area contributed by atoms with E-state index in [0.29, 0.717) is 11.4 Å². The van der Waals surface area contributed by atoms with Crippen LogP contribution in [0.25, 0.3) is 63.1 Å². The molecule has 0 radical (unpaired) electrons. The Morgan fingerprint density at radius 2 is 1.24 bits per heavy atom. The van der Waals surface area contributed by atoms with Crippen LogP contribution in [-0.4, -0.2) is 15.0 Å². The molecule has 45 heavy (non-hydrogen) atoms. The first-order chi connectivity index (χ1) is 27.3. The lowest BCUT2D eigenvalue weighted by atomic mass is 10.1. The minimum atomic E-state index is -0.618. The van der Waals surface area contributed by atoms with Gasteiger partial charge in [0.25, 0.3) is 0 Å². The van der Waals surface area contributed by atoms with Gasteiger partial charge >= 0.3 is 0 Å². The summed E-state index contributed by atoms with van der Waals surface area (Å²) in [6.07, 6.45) is 0. The summed E-state index contributed by atoms with van der Waals surface area (Å²) < 4.78 is 106. The zero-order chi connectivity index (χ0) is 40.2. The number of hydrogen-bond acceptors (Lipinski definition) is 6. The predicted octanol–water partition coefficient (Wildman–Crippen LogP) is 11.4. The normalized spacial score (nSPS) is 15.3. The molecule has 0 N–H and O–H groups in total. The van der Waals surface area contributed by atoms with Gasteiger partial charge in [-0.1, -0.05) is 109 Å². The largest absolute Gasteiger partial charge is 0.278 e. The summed E-state index contributed by atoms with van der Waals surface area (Å²) >= 11 is 2.45. The van der Waals surface area contributed by atoms with Gasteiger partial charge in [0.05, 0.1) is 26.8 Å². The molecule has 0 fully saturated rings. The average molecular weight is 625 g/mol. The molecular weight excluding hydrogens is 589 g/mol. The van der Waals surface area contributed by atoms with Crippen molar-refractivity contribution in [1.29, 1.82) is 0 Å². The number of thiophene rings is 2. The van der Waals surface area contributed by atoms with Gasteiger partial charge in [0, 0.05) is 52.5 Å². The Balaban J connectivity index is 1.44. The monoisotopic (exact) mass is 624 g/mol. The van der Waals surface area contributed by atoms with Crippen LogP contribution < -0.4 is 4.90 Å². The second-order valence-corrected chi connectivity index (χ2v) is 12.0. The number of para-hydroxylation sites is 1. The molecule has 212 valence electrons. The molecule has 0 saturated carbocycles. The molecule has 3 heterocycles. The number of hydrogen-bond donors (Lipinski definition) is 0. The second kappa shape index (κ2) is 10.6. The molecule has 6 heteroatoms. The summed E-state index contributed by atoms with van der Waals surface area (Å²) in [5, 5.41) is 2.02. The van der Waals surface area contributed by atoms with Crippen molar-refractivity contribution in [3.63, 3.8) is 0 Å². The summed E-state index contributed by atoms with van der Waals surface area (Å²) in [7, 11) is 0. The van der Waals surface area contributed by atoms with E-state index >= 15 is 0 Å². The Morgan fingerprint density at radius 1 is 0.511 bits per heavy atom. The predicted molar refractivity (Wildman–Crippen MR) is 191 cm³/mol. The first kappa shape index (κ1) is 16.6. The third-order valence-corrected chi connectivity index (χ3v) is 9.68. The molecule has 0 spiro atoms. The molecule has 0 aliphatic rings. The zero-order valence-corrected chi connectivity index (χ0v) is 24.7. The van der Waals surface area contributed by atoms with Gasteiger partial charge in [-0.25, -0.2) is 4.98 Å². The van der Waals surface area contributed by atoms with E-state index in [9.17, 15) is 1.37 Å². The highest BCUT2D eigenvalue weighted by molar-refractivity contribution is 7.26. The van der Waals surface area contributed by atoms with Crippen molar-refractivity contribution in [1.82, 2.24) is 15.0 Å². The smallest absolute Gasteiger partial charge is 0.238 e. The van der Waals surface area contributed by atoms with Gasteiger partial charge in [0.2, 0.25) is 5.95 Å². The van der Waals surface area contributed by atoms with E-state index < -0.39 is 66.5 Å². The van der Waals surface area contributed by atoms with Crippen molar-refractivity contribution in [3.8, 4) is 22.8 Å². The Bertz CT molecular complexity index is 3160. The maximum Gasteiger partial charge on any atom is 0.238 e. The number of nitrogens with zero attached hydrogens (tertiary/aromatic N) is 4. The summed E-state index contributed by atoms with van der Waals surface area (Å²) in [6.45, 7) is 0. The van der Waals surface area contributed by atoms with Gasteiger partial charge in [-0.3, -0.25) is 4.90 Å². The van der Waals surface area contributed by atoms with Crippen molar-refractivity contribution < 1.29 is 16.4 Å². The lowest BCUT2D eigenvalue weighted by Gasteiger charge is -2.24. The maximum atomic E-state index is 9.21. The van der Waals surface area contributed by atoms with E-state index in [-0.39, 0.29) is 54.9 Å². The van der Waals surface area contributed by atoms with Crippen molar-refractivity contribution in [2.24, 2.45) is 0 Å². The molecule has 0 saturated heterocycles. The fraction of sp³-hybridized carbons (Fsp3) is 0. The first-order valence-corrected chi connectivity index (χ1v) is 15.4. The topological polar surface area (TPSA) is 41.9 Å². The Morgan fingerprint density at radius 3 is 2.16 bits per heavy atom. The fourth-order valence-electron chi connectivity index (χ4n) is 5.38. The second-order valence-electron chi connectivity index (χ2n) is 9.97. The van der Waals surface area contributed by atoms with Gasteiger partial charge in [0.1, 0.15) is 0 Å². The maximum absolute atomic E-state index is 9.21. The molecule has 0 amide bonds. The van der Waals surface area contributed by atoms with E-state index in [4.69, 9.17) is 25.0 Å². The highest BCUT2D eigenvalue weighted by Crippen LogP contribution is 2.45. The van der Waals surface area contributed by atoms with Crippen molar-refractivity contribution in [2.75, 3.05) is 4.90 Å². The van der Waals surface area contributed by atoms with Crippen LogP contribution in [0, 0.1) is 0 Å². The van der Waals surface area contributed by atoms with Gasteiger partial charge < -0.3 is 0 Å². The van der Waals surface area contributed by atoms with Crippen LogP contribution in [0.4, 0.5) is 17.3 Å². The third-order valence-electron chi connectivity index (χ3n) is 7.35. The van der Waals surface area contributed by atoms with Crippen LogP contribution in [0.1, 0.15) is 16.4 Å². The molecule has 4 nitrogen and oxygen atoms in total. The van der Waals surface area contributed by atoms with Crippen LogP contribution in [-0.2, 0) is 0 Å². The lowest BCUT2D eigenvalue weighted by molar-refractivity contribution is 1.03. The Hall–Kier alpha value is -5.43. The molecular formula is C39H24N4S2. The molecule has 0 aliphatic carbocycles. The Labute approximate surface area is 284 Å². The van der Waals surface area contributed by atoms with Gasteiger partial charge in [0.15, 0.2) is 11.6 Å². The van der Waals surface area contributed by atoms with E-state index in [2.05, 4.69) is 4.98 Å². The fourth-order valence-corrected chi connectivity index (χ4v) is 7.65. The molecule has 0 atom stereocenters. The van der Waals surface area contributed by atoms with Crippen molar-refractivity contribution >= 4 is 80.3 Å². The van der Waals surface area contributed by atoms with Crippen molar-refractivity contribution in [3.05, 3.63) is 145 Å². The SMILES string of the molecule is [2H]c1c([2H])c([2H])c(-c2nc(-c3c([2H])c([2H])c([2H])c4c3sc3c([2H])c([2H])c([2H])c([2H])c34)nc(N(c3ccccc3)c3cccc4c3sc3ccccc34)n2)c([2H])c1[2H]. The number of benzene rings is 6.